The Morgan fingerprint density at radius 2 is 0.688 bits per heavy atom. The third-order valence-corrected chi connectivity index (χ3v) is 28.2. The largest absolute Gasteiger partial charge is 0.541 e. The smallest absolute Gasteiger partial charge is 0.250 e. The van der Waals surface area contributed by atoms with E-state index in [-0.39, 0.29) is 52.6 Å². The number of hydrogen-bond donors (Lipinski definition) is 2. The maximum absolute atomic E-state index is 12.9. The van der Waals surface area contributed by atoms with Crippen LogP contribution in [-0.2, 0) is 28.9 Å². The molecule has 3 aliphatic carbocycles. The Morgan fingerprint density at radius 3 is 1.01 bits per heavy atom. The SMILES string of the molecule is C.COc1ccc(C2CC(=O)CCc3cc(OC)c(OC)c(OC)c32)cc1O.COc1ccc(C2CC(=O)CCc3cc(OC)c(OC)c(OC)c32)cc1O[Si](C)(C)C(C)(C)C.COc1ccc(C2CC(O)CCc3cc(OC)c(OC)c(OC)c32)cc1O[Si](C)(C)C(C)(C)C. The first-order chi connectivity index (χ1) is 45.0. The predicted molar refractivity (Wildman–Crippen MR) is 382 cm³/mol. The molecule has 0 aromatic heterocycles. The van der Waals surface area contributed by atoms with Crippen molar-refractivity contribution < 1.29 is 85.5 Å². The Bertz CT molecular complexity index is 3680. The first kappa shape index (κ1) is 77.1. The topological polar surface area (TPSA) is 204 Å². The fourth-order valence-corrected chi connectivity index (χ4v) is 14.4. The lowest BCUT2D eigenvalue weighted by Crippen LogP contribution is -2.44. The molecular formula is C76H106O18Si2. The van der Waals surface area contributed by atoms with Crippen molar-refractivity contribution in [2.75, 3.05) is 85.3 Å². The average molecular weight is 1360 g/mol. The van der Waals surface area contributed by atoms with Crippen LogP contribution in [0.15, 0.2) is 72.8 Å². The van der Waals surface area contributed by atoms with Crippen molar-refractivity contribution in [2.24, 2.45) is 0 Å². The average Bonchev–Trinajstić information content (AvgIpc) is 1.31. The highest BCUT2D eigenvalue weighted by molar-refractivity contribution is 6.75. The number of rotatable bonds is 19. The van der Waals surface area contributed by atoms with E-state index in [1.165, 1.54) is 7.11 Å². The first-order valence-corrected chi connectivity index (χ1v) is 38.1. The van der Waals surface area contributed by atoms with Crippen LogP contribution in [0.2, 0.25) is 36.3 Å². The number of carbonyl (C=O) groups excluding carboxylic acids is 2. The van der Waals surface area contributed by atoms with Gasteiger partial charge in [-0.3, -0.25) is 9.59 Å². The number of carbonyl (C=O) groups is 2. The molecule has 0 saturated carbocycles. The van der Waals surface area contributed by atoms with E-state index in [2.05, 4.69) is 79.9 Å². The Labute approximate surface area is 572 Å². The molecule has 0 fully saturated rings. The molecule has 9 rings (SSSR count). The van der Waals surface area contributed by atoms with Gasteiger partial charge in [0.1, 0.15) is 23.1 Å². The molecular weight excluding hydrogens is 1260 g/mol. The van der Waals surface area contributed by atoms with Crippen LogP contribution in [-0.4, -0.2) is 130 Å². The van der Waals surface area contributed by atoms with Gasteiger partial charge >= 0.3 is 0 Å². The van der Waals surface area contributed by atoms with Crippen LogP contribution in [0.5, 0.6) is 86.2 Å². The van der Waals surface area contributed by atoms with Crippen molar-refractivity contribution >= 4 is 28.2 Å². The molecule has 526 valence electrons. The number of aryl methyl sites for hydroxylation is 3. The number of hydrogen-bond acceptors (Lipinski definition) is 18. The van der Waals surface area contributed by atoms with Crippen molar-refractivity contribution in [3.05, 3.63) is 123 Å². The quantitative estimate of drug-likeness (QED) is 0.0572. The summed E-state index contributed by atoms with van der Waals surface area (Å²) in [6, 6.07) is 23.2. The normalized spacial score (nSPS) is 16.9. The lowest BCUT2D eigenvalue weighted by molar-refractivity contribution is -0.119. The minimum atomic E-state index is -2.11. The van der Waals surface area contributed by atoms with Gasteiger partial charge in [0.2, 0.25) is 17.2 Å². The van der Waals surface area contributed by atoms with E-state index < -0.39 is 22.7 Å². The summed E-state index contributed by atoms with van der Waals surface area (Å²) < 4.78 is 80.7. The van der Waals surface area contributed by atoms with Crippen LogP contribution >= 0.6 is 0 Å². The molecule has 4 atom stereocenters. The number of ketones is 2. The summed E-state index contributed by atoms with van der Waals surface area (Å²) in [5.74, 6) is 8.30. The molecule has 2 N–H and O–H groups in total. The summed E-state index contributed by atoms with van der Waals surface area (Å²) in [5.41, 5.74) is 8.84. The van der Waals surface area contributed by atoms with Gasteiger partial charge in [-0.25, -0.2) is 0 Å². The summed E-state index contributed by atoms with van der Waals surface area (Å²) in [7, 11) is 15.0. The number of aromatic hydroxyl groups is 1. The fourth-order valence-electron chi connectivity index (χ4n) is 12.3. The molecule has 6 aromatic carbocycles. The first-order valence-electron chi connectivity index (χ1n) is 32.2. The predicted octanol–water partition coefficient (Wildman–Crippen LogP) is 16.2. The highest BCUT2D eigenvalue weighted by atomic mass is 28.4. The van der Waals surface area contributed by atoms with E-state index in [4.69, 9.17) is 65.7 Å². The molecule has 0 saturated heterocycles. The summed E-state index contributed by atoms with van der Waals surface area (Å²) in [4.78, 5) is 25.3. The number of aliphatic hydroxyl groups excluding tert-OH is 1. The fraction of sp³-hybridized carbons (Fsp3) is 0.500. The maximum Gasteiger partial charge on any atom is 0.250 e. The second-order valence-corrected chi connectivity index (χ2v) is 36.7. The number of benzene rings is 6. The zero-order valence-electron chi connectivity index (χ0n) is 60.0. The standard InChI is InChI=1S/C27H40O6Si.C27H38O6Si.C21H24O6.CH4/c2*1-27(2,3)34(8,9)33-22-14-17(11-13-21(22)29-4)20-16-19(28)12-10-18-15-23(30-5)25(31-6)26(32-7)24(18)20;1-24-17-8-6-12(9-16(17)23)15-11-14(22)7-5-13-10-18(25-2)20(26-3)21(27-4)19(13)15;/h11,13-15,19-20,28H,10,12,16H2,1-9H3;11,13-15,20H,10,12,16H2,1-9H3;6,8-10,15,23H,5,7,11H2,1-4H3;1H4. The third kappa shape index (κ3) is 16.5. The van der Waals surface area contributed by atoms with Gasteiger partial charge in [0.05, 0.1) is 91.4 Å². The van der Waals surface area contributed by atoms with Gasteiger partial charge in [-0.2, -0.15) is 0 Å². The number of phenolic OH excluding ortho intramolecular Hbond substituents is 1. The summed E-state index contributed by atoms with van der Waals surface area (Å²) in [5, 5.41) is 21.1. The summed E-state index contributed by atoms with van der Waals surface area (Å²) in [6.07, 6.45) is 4.40. The maximum atomic E-state index is 12.9. The van der Waals surface area contributed by atoms with E-state index in [0.717, 1.165) is 62.2 Å². The molecule has 0 aliphatic heterocycles. The molecule has 6 aromatic rings. The van der Waals surface area contributed by atoms with Gasteiger partial charge in [-0.05, 0) is 156 Å². The van der Waals surface area contributed by atoms with Crippen LogP contribution in [0.3, 0.4) is 0 Å². The molecule has 20 heteroatoms. The zero-order valence-corrected chi connectivity index (χ0v) is 62.0. The lowest BCUT2D eigenvalue weighted by atomic mass is 9.85. The molecule has 0 heterocycles. The van der Waals surface area contributed by atoms with Gasteiger partial charge in [0.25, 0.3) is 16.6 Å². The van der Waals surface area contributed by atoms with E-state index in [9.17, 15) is 19.8 Å². The van der Waals surface area contributed by atoms with Gasteiger partial charge in [-0.15, -0.1) is 0 Å². The second-order valence-electron chi connectivity index (χ2n) is 27.2. The number of methoxy groups -OCH3 is 12. The molecule has 18 nitrogen and oxygen atoms in total. The Morgan fingerprint density at radius 1 is 0.375 bits per heavy atom. The van der Waals surface area contributed by atoms with Crippen LogP contribution in [0.25, 0.3) is 0 Å². The van der Waals surface area contributed by atoms with Gasteiger partial charge in [0.15, 0.2) is 57.5 Å². The van der Waals surface area contributed by atoms with Crippen LogP contribution in [0.1, 0.15) is 155 Å². The molecule has 0 spiro atoms. The van der Waals surface area contributed by atoms with Crippen molar-refractivity contribution in [3.63, 3.8) is 0 Å². The number of phenols is 1. The van der Waals surface area contributed by atoms with E-state index >= 15 is 0 Å². The lowest BCUT2D eigenvalue weighted by Gasteiger charge is -2.37. The van der Waals surface area contributed by atoms with Gasteiger partial charge in [0, 0.05) is 60.1 Å². The van der Waals surface area contributed by atoms with E-state index in [0.29, 0.717) is 126 Å². The molecule has 0 bridgehead atoms. The number of Topliss-reactive ketones (excluding diaryl/α,β-unsaturated/α-hetero) is 2. The Kier molecular flexibility index (Phi) is 26.0. The zero-order chi connectivity index (χ0) is 70.1. The molecule has 96 heavy (non-hydrogen) atoms. The van der Waals surface area contributed by atoms with Crippen LogP contribution in [0.4, 0.5) is 0 Å². The molecule has 0 amide bonds. The Hall–Kier alpha value is -7.95. The van der Waals surface area contributed by atoms with E-state index in [1.807, 2.05) is 48.5 Å². The van der Waals surface area contributed by atoms with Crippen molar-refractivity contribution in [2.45, 2.75) is 167 Å². The highest BCUT2D eigenvalue weighted by Gasteiger charge is 2.42. The number of fused-ring (bicyclic) bond motifs is 3. The highest BCUT2D eigenvalue weighted by Crippen LogP contribution is 2.54. The van der Waals surface area contributed by atoms with Crippen LogP contribution < -0.4 is 65.7 Å². The monoisotopic (exact) mass is 1360 g/mol. The van der Waals surface area contributed by atoms with Gasteiger partial charge < -0.3 is 75.9 Å². The van der Waals surface area contributed by atoms with E-state index in [1.54, 1.807) is 90.3 Å². The molecule has 3 aliphatic rings. The second kappa shape index (κ2) is 32.4. The molecule has 0 radical (unpaired) electrons. The van der Waals surface area contributed by atoms with Crippen molar-refractivity contribution in [1.29, 1.82) is 0 Å². The number of ether oxygens (including phenoxy) is 12. The Balaban J connectivity index is 0.000000228. The van der Waals surface area contributed by atoms with Crippen LogP contribution in [0, 0.1) is 0 Å². The minimum Gasteiger partial charge on any atom is -0.541 e. The van der Waals surface area contributed by atoms with Gasteiger partial charge in [-0.1, -0.05) is 67.2 Å². The molecule has 4 unspecified atom stereocenters. The third-order valence-electron chi connectivity index (χ3n) is 19.5. The van der Waals surface area contributed by atoms with Crippen molar-refractivity contribution in [1.82, 2.24) is 0 Å². The van der Waals surface area contributed by atoms with Crippen molar-refractivity contribution in [3.8, 4) is 86.2 Å². The minimum absolute atomic E-state index is 0. The summed E-state index contributed by atoms with van der Waals surface area (Å²) >= 11 is 0. The summed E-state index contributed by atoms with van der Waals surface area (Å²) in [6.45, 7) is 22.2. The number of aliphatic hydroxyl groups is 1.